The third-order valence-electron chi connectivity index (χ3n) is 6.05. The summed E-state index contributed by atoms with van der Waals surface area (Å²) in [6.07, 6.45) is 2.57. The van der Waals surface area contributed by atoms with E-state index in [9.17, 15) is 9.59 Å². The molecule has 0 aliphatic carbocycles. The molecule has 0 spiro atoms. The largest absolute Gasteiger partial charge is 0.358 e. The molecule has 2 aromatic carbocycles. The van der Waals surface area contributed by atoms with E-state index in [1.54, 1.807) is 0 Å². The lowest BCUT2D eigenvalue weighted by atomic mass is 9.89. The van der Waals surface area contributed by atoms with Crippen LogP contribution in [0.1, 0.15) is 29.7 Å². The van der Waals surface area contributed by atoms with Crippen LogP contribution in [0.3, 0.4) is 0 Å². The zero-order valence-electron chi connectivity index (χ0n) is 15.7. The first-order valence-electron chi connectivity index (χ1n) is 9.94. The first-order valence-corrected chi connectivity index (χ1v) is 9.94. The van der Waals surface area contributed by atoms with Crippen LogP contribution in [-0.2, 0) is 29.0 Å². The van der Waals surface area contributed by atoms with Gasteiger partial charge in [-0.1, -0.05) is 36.4 Å². The van der Waals surface area contributed by atoms with Crippen LogP contribution in [-0.4, -0.2) is 28.2 Å². The van der Waals surface area contributed by atoms with Gasteiger partial charge in [-0.3, -0.25) is 9.59 Å². The van der Waals surface area contributed by atoms with Crippen molar-refractivity contribution in [3.8, 4) is 0 Å². The molecule has 3 heterocycles. The Labute approximate surface area is 163 Å². The van der Waals surface area contributed by atoms with E-state index in [0.717, 1.165) is 29.7 Å². The Balaban J connectivity index is 1.25. The lowest BCUT2D eigenvalue weighted by Crippen LogP contribution is -2.37. The molecule has 3 aromatic rings. The van der Waals surface area contributed by atoms with Crippen LogP contribution in [0.15, 0.2) is 48.5 Å². The van der Waals surface area contributed by atoms with E-state index < -0.39 is 0 Å². The van der Waals surface area contributed by atoms with Gasteiger partial charge in [0.25, 0.3) is 0 Å². The summed E-state index contributed by atoms with van der Waals surface area (Å²) >= 11 is 0. The number of anilines is 1. The number of aromatic amines is 1. The highest BCUT2D eigenvalue weighted by molar-refractivity contribution is 5.96. The smallest absolute Gasteiger partial charge is 0.227 e. The number of hydrogen-bond acceptors (Lipinski definition) is 2. The quantitative estimate of drug-likeness (QED) is 0.736. The number of hydrogen-bond donors (Lipinski definition) is 2. The maximum absolute atomic E-state index is 12.8. The fourth-order valence-corrected chi connectivity index (χ4v) is 4.48. The standard InChI is InChI=1S/C23H23N3O2/c27-22(10-9-16-13-15-5-1-3-7-19(15)25-23(16)28)26-12-11-21-18(14-26)17-6-2-4-8-20(17)24-21/h1-8,16,24H,9-14H2,(H,25,28)/t16-/m0/s1. The fraction of sp³-hybridized carbons (Fsp3) is 0.304. The molecule has 0 saturated heterocycles. The molecule has 2 amide bonds. The third kappa shape index (κ3) is 2.97. The number of para-hydroxylation sites is 2. The number of aromatic nitrogens is 1. The molecular formula is C23H23N3O2. The number of benzene rings is 2. The molecule has 5 nitrogen and oxygen atoms in total. The van der Waals surface area contributed by atoms with Crippen molar-refractivity contribution in [2.75, 3.05) is 11.9 Å². The summed E-state index contributed by atoms with van der Waals surface area (Å²) in [4.78, 5) is 30.7. The van der Waals surface area contributed by atoms with Crippen LogP contribution in [0.4, 0.5) is 5.69 Å². The molecule has 142 valence electrons. The molecule has 1 aromatic heterocycles. The Kier molecular flexibility index (Phi) is 4.15. The summed E-state index contributed by atoms with van der Waals surface area (Å²) in [5, 5.41) is 4.18. The van der Waals surface area contributed by atoms with Crippen molar-refractivity contribution in [2.45, 2.75) is 32.2 Å². The van der Waals surface area contributed by atoms with Crippen molar-refractivity contribution in [1.29, 1.82) is 0 Å². The Morgan fingerprint density at radius 2 is 1.93 bits per heavy atom. The maximum Gasteiger partial charge on any atom is 0.227 e. The van der Waals surface area contributed by atoms with Gasteiger partial charge in [0.2, 0.25) is 11.8 Å². The predicted octanol–water partition coefficient (Wildman–Crippen LogP) is 3.64. The van der Waals surface area contributed by atoms with E-state index in [-0.39, 0.29) is 17.7 Å². The zero-order chi connectivity index (χ0) is 19.1. The van der Waals surface area contributed by atoms with Crippen molar-refractivity contribution in [1.82, 2.24) is 9.88 Å². The van der Waals surface area contributed by atoms with Gasteiger partial charge in [0, 0.05) is 59.7 Å². The van der Waals surface area contributed by atoms with Gasteiger partial charge in [0.05, 0.1) is 0 Å². The van der Waals surface area contributed by atoms with E-state index in [0.29, 0.717) is 25.8 Å². The Bertz CT molecular complexity index is 1070. The molecule has 0 saturated carbocycles. The minimum Gasteiger partial charge on any atom is -0.358 e. The second-order valence-electron chi connectivity index (χ2n) is 7.78. The van der Waals surface area contributed by atoms with Gasteiger partial charge in [-0.2, -0.15) is 0 Å². The molecular weight excluding hydrogens is 350 g/mol. The number of rotatable bonds is 3. The van der Waals surface area contributed by atoms with Crippen LogP contribution in [0.5, 0.6) is 0 Å². The first-order chi connectivity index (χ1) is 13.7. The second kappa shape index (κ2) is 6.82. The zero-order valence-corrected chi connectivity index (χ0v) is 15.7. The highest BCUT2D eigenvalue weighted by Gasteiger charge is 2.28. The average molecular weight is 373 g/mol. The summed E-state index contributed by atoms with van der Waals surface area (Å²) in [5.74, 6) is 0.0407. The van der Waals surface area contributed by atoms with Crippen LogP contribution in [0, 0.1) is 5.92 Å². The predicted molar refractivity (Wildman–Crippen MR) is 109 cm³/mol. The van der Waals surface area contributed by atoms with Gasteiger partial charge in [-0.05, 0) is 30.5 Å². The molecule has 5 heteroatoms. The van der Waals surface area contributed by atoms with Crippen LogP contribution in [0.2, 0.25) is 0 Å². The number of nitrogens with zero attached hydrogens (tertiary/aromatic N) is 1. The summed E-state index contributed by atoms with van der Waals surface area (Å²) < 4.78 is 0. The van der Waals surface area contributed by atoms with Gasteiger partial charge in [0.15, 0.2) is 0 Å². The van der Waals surface area contributed by atoms with Gasteiger partial charge >= 0.3 is 0 Å². The lowest BCUT2D eigenvalue weighted by molar-refractivity contribution is -0.132. The molecule has 0 bridgehead atoms. The lowest BCUT2D eigenvalue weighted by Gasteiger charge is -2.29. The SMILES string of the molecule is O=C1Nc2ccccc2C[C@@H]1CCC(=O)N1CCc2[nH]c3ccccc3c2C1. The number of nitrogens with one attached hydrogen (secondary N) is 2. The summed E-state index contributed by atoms with van der Waals surface area (Å²) in [6.45, 7) is 1.39. The molecule has 2 N–H and O–H groups in total. The number of carbonyl (C=O) groups excluding carboxylic acids is 2. The van der Waals surface area contributed by atoms with Crippen LogP contribution < -0.4 is 5.32 Å². The maximum atomic E-state index is 12.8. The summed E-state index contributed by atoms with van der Waals surface area (Å²) in [6, 6.07) is 16.2. The van der Waals surface area contributed by atoms with E-state index in [4.69, 9.17) is 0 Å². The number of amides is 2. The minimum absolute atomic E-state index is 0.0315. The van der Waals surface area contributed by atoms with E-state index in [2.05, 4.69) is 22.4 Å². The van der Waals surface area contributed by atoms with Gasteiger partial charge < -0.3 is 15.2 Å². The van der Waals surface area contributed by atoms with Crippen molar-refractivity contribution in [2.24, 2.45) is 5.92 Å². The fourth-order valence-electron chi connectivity index (χ4n) is 4.48. The topological polar surface area (TPSA) is 65.2 Å². The molecule has 2 aliphatic heterocycles. The van der Waals surface area contributed by atoms with Gasteiger partial charge in [-0.25, -0.2) is 0 Å². The molecule has 0 radical (unpaired) electrons. The molecule has 5 rings (SSSR count). The van der Waals surface area contributed by atoms with Crippen molar-refractivity contribution in [3.63, 3.8) is 0 Å². The van der Waals surface area contributed by atoms with Crippen LogP contribution >= 0.6 is 0 Å². The highest BCUT2D eigenvalue weighted by atomic mass is 16.2. The van der Waals surface area contributed by atoms with E-state index in [1.807, 2.05) is 41.3 Å². The van der Waals surface area contributed by atoms with E-state index >= 15 is 0 Å². The van der Waals surface area contributed by atoms with Crippen molar-refractivity contribution in [3.05, 3.63) is 65.4 Å². The van der Waals surface area contributed by atoms with Crippen molar-refractivity contribution < 1.29 is 9.59 Å². The first kappa shape index (κ1) is 17.0. The average Bonchev–Trinajstić information content (AvgIpc) is 3.10. The monoisotopic (exact) mass is 373 g/mol. The van der Waals surface area contributed by atoms with Crippen molar-refractivity contribution >= 4 is 28.4 Å². The second-order valence-corrected chi connectivity index (χ2v) is 7.78. The Hall–Kier alpha value is -3.08. The van der Waals surface area contributed by atoms with E-state index in [1.165, 1.54) is 16.6 Å². The Morgan fingerprint density at radius 1 is 1.11 bits per heavy atom. The molecule has 1 atom stereocenters. The number of H-pyrrole nitrogens is 1. The number of fused-ring (bicyclic) bond motifs is 4. The molecule has 2 aliphatic rings. The highest BCUT2D eigenvalue weighted by Crippen LogP contribution is 2.30. The Morgan fingerprint density at radius 3 is 2.86 bits per heavy atom. The third-order valence-corrected chi connectivity index (χ3v) is 6.05. The van der Waals surface area contributed by atoms with Gasteiger partial charge in [0.1, 0.15) is 0 Å². The molecule has 0 fully saturated rings. The normalized spacial score (nSPS) is 18.5. The molecule has 0 unspecified atom stereocenters. The van der Waals surface area contributed by atoms with Crippen LogP contribution in [0.25, 0.3) is 10.9 Å². The summed E-state index contributed by atoms with van der Waals surface area (Å²) in [5.41, 5.74) is 5.67. The molecule has 28 heavy (non-hydrogen) atoms. The number of carbonyl (C=O) groups is 2. The van der Waals surface area contributed by atoms with Gasteiger partial charge in [-0.15, -0.1) is 0 Å². The minimum atomic E-state index is -0.132. The summed E-state index contributed by atoms with van der Waals surface area (Å²) in [7, 11) is 0.